The van der Waals surface area contributed by atoms with Crippen molar-refractivity contribution < 1.29 is 9.18 Å². The van der Waals surface area contributed by atoms with Crippen LogP contribution in [0.4, 0.5) is 4.39 Å². The minimum Gasteiger partial charge on any atom is -0.343 e. The quantitative estimate of drug-likeness (QED) is 0.683. The van der Waals surface area contributed by atoms with Crippen molar-refractivity contribution in [3.63, 3.8) is 0 Å². The van der Waals surface area contributed by atoms with Gasteiger partial charge in [0.05, 0.1) is 11.6 Å². The predicted molar refractivity (Wildman–Crippen MR) is 113 cm³/mol. The Bertz CT molecular complexity index is 1070. The number of hydrogen-bond donors (Lipinski definition) is 2. The third-order valence-electron chi connectivity index (χ3n) is 6.06. The first kappa shape index (κ1) is 20.4. The number of rotatable bonds is 4. The van der Waals surface area contributed by atoms with Gasteiger partial charge in [-0.25, -0.2) is 14.4 Å². The van der Waals surface area contributed by atoms with Gasteiger partial charge < -0.3 is 15.6 Å². The van der Waals surface area contributed by atoms with Crippen LogP contribution in [0, 0.1) is 17.7 Å². The minimum absolute atomic E-state index is 0.101. The molecule has 1 atom stereocenters. The van der Waals surface area contributed by atoms with Crippen LogP contribution in [0.1, 0.15) is 55.0 Å². The highest BCUT2D eigenvalue weighted by Gasteiger charge is 2.28. The summed E-state index contributed by atoms with van der Waals surface area (Å²) >= 11 is 0. The van der Waals surface area contributed by atoms with Crippen LogP contribution in [0.5, 0.6) is 0 Å². The number of carbonyl (C=O) groups excluding carboxylic acids is 1. The number of imidazole rings is 1. The average Bonchev–Trinajstić information content (AvgIpc) is 3.19. The smallest absolute Gasteiger partial charge is 0.274 e. The van der Waals surface area contributed by atoms with Crippen LogP contribution >= 0.6 is 0 Å². The maximum absolute atomic E-state index is 15.5. The van der Waals surface area contributed by atoms with Gasteiger partial charge >= 0.3 is 0 Å². The number of H-pyrrole nitrogens is 1. The number of nitrogens with one attached hydrogen (secondary N) is 1. The fraction of sp³-hybridized carbons (Fsp3) is 0.455. The molecular formula is C22H27FN6O. The molecule has 3 N–H and O–H groups in total. The highest BCUT2D eigenvalue weighted by molar-refractivity contribution is 5.98. The zero-order valence-electron chi connectivity index (χ0n) is 17.5. The van der Waals surface area contributed by atoms with Gasteiger partial charge in [0, 0.05) is 32.1 Å². The lowest BCUT2D eigenvalue weighted by atomic mass is 9.79. The summed E-state index contributed by atoms with van der Waals surface area (Å²) in [5.74, 6) is 0.801. The summed E-state index contributed by atoms with van der Waals surface area (Å²) in [6.07, 6.45) is 7.30. The molecule has 1 fully saturated rings. The van der Waals surface area contributed by atoms with Gasteiger partial charge in [-0.05, 0) is 36.8 Å². The molecule has 30 heavy (non-hydrogen) atoms. The number of benzene rings is 1. The maximum Gasteiger partial charge on any atom is 0.274 e. The van der Waals surface area contributed by atoms with Gasteiger partial charge in [-0.15, -0.1) is 0 Å². The molecule has 7 nitrogen and oxygen atoms in total. The Kier molecular flexibility index (Phi) is 5.51. The van der Waals surface area contributed by atoms with Crippen LogP contribution in [-0.2, 0) is 0 Å². The molecule has 0 aliphatic heterocycles. The Labute approximate surface area is 174 Å². The molecular weight excluding hydrogens is 383 g/mol. The first-order chi connectivity index (χ1) is 14.4. The lowest BCUT2D eigenvalue weighted by molar-refractivity contribution is 0.0822. The lowest BCUT2D eigenvalue weighted by Gasteiger charge is -2.29. The number of halogens is 1. The summed E-state index contributed by atoms with van der Waals surface area (Å²) in [4.78, 5) is 29.9. The Morgan fingerprint density at radius 1 is 1.20 bits per heavy atom. The van der Waals surface area contributed by atoms with Crippen molar-refractivity contribution in [2.75, 3.05) is 14.1 Å². The number of amides is 1. The van der Waals surface area contributed by atoms with Crippen molar-refractivity contribution in [3.8, 4) is 11.3 Å². The summed E-state index contributed by atoms with van der Waals surface area (Å²) in [7, 11) is 3.24. The Hall–Kier alpha value is -2.87. The molecule has 8 heteroatoms. The average molecular weight is 410 g/mol. The van der Waals surface area contributed by atoms with E-state index in [9.17, 15) is 4.79 Å². The summed E-state index contributed by atoms with van der Waals surface area (Å²) in [5.41, 5.74) is 7.76. The van der Waals surface area contributed by atoms with E-state index in [1.54, 1.807) is 26.2 Å². The summed E-state index contributed by atoms with van der Waals surface area (Å²) in [6.45, 7) is 2.27. The van der Waals surface area contributed by atoms with Gasteiger partial charge in [-0.2, -0.15) is 0 Å². The Balaban J connectivity index is 1.72. The lowest BCUT2D eigenvalue weighted by Crippen LogP contribution is -2.26. The number of hydrogen-bond acceptors (Lipinski definition) is 5. The van der Waals surface area contributed by atoms with E-state index >= 15 is 4.39 Å². The Morgan fingerprint density at radius 2 is 1.90 bits per heavy atom. The van der Waals surface area contributed by atoms with E-state index in [2.05, 4.69) is 26.9 Å². The standard InChI is InChI=1S/C22H27FN6O/c1-12-4-6-13(7-5-12)17(24)21-27-15-9-8-14(16(23)19(15)28-21)18-20(22(30)29(2)3)26-11-10-25-18/h8-13,17H,4-7,24H2,1-3H3,(H,27,28). The maximum atomic E-state index is 15.5. The molecule has 0 spiro atoms. The first-order valence-corrected chi connectivity index (χ1v) is 10.3. The van der Waals surface area contributed by atoms with Gasteiger partial charge in [0.1, 0.15) is 17.0 Å². The zero-order chi connectivity index (χ0) is 21.4. The van der Waals surface area contributed by atoms with Gasteiger partial charge in [0.2, 0.25) is 0 Å². The molecule has 1 aromatic carbocycles. The molecule has 2 aromatic heterocycles. The van der Waals surface area contributed by atoms with Crippen LogP contribution in [0.3, 0.4) is 0 Å². The van der Waals surface area contributed by atoms with Gasteiger partial charge in [-0.1, -0.05) is 19.8 Å². The minimum atomic E-state index is -0.534. The molecule has 0 saturated heterocycles. The van der Waals surface area contributed by atoms with Crippen LogP contribution in [0.25, 0.3) is 22.3 Å². The fourth-order valence-electron chi connectivity index (χ4n) is 4.17. The predicted octanol–water partition coefficient (Wildman–Crippen LogP) is 3.69. The van der Waals surface area contributed by atoms with E-state index in [4.69, 9.17) is 5.73 Å². The van der Waals surface area contributed by atoms with Gasteiger partial charge in [0.15, 0.2) is 11.5 Å². The molecule has 2 heterocycles. The molecule has 0 radical (unpaired) electrons. The second-order valence-corrected chi connectivity index (χ2v) is 8.44. The number of aromatic amines is 1. The summed E-state index contributed by atoms with van der Waals surface area (Å²) in [6, 6.07) is 3.10. The molecule has 0 bridgehead atoms. The van der Waals surface area contributed by atoms with Gasteiger partial charge in [0.25, 0.3) is 5.91 Å². The fourth-order valence-corrected chi connectivity index (χ4v) is 4.17. The van der Waals surface area contributed by atoms with Crippen molar-refractivity contribution in [2.24, 2.45) is 17.6 Å². The molecule has 1 saturated carbocycles. The van der Waals surface area contributed by atoms with E-state index in [-0.39, 0.29) is 34.4 Å². The number of nitrogens with zero attached hydrogens (tertiary/aromatic N) is 4. The molecule has 158 valence electrons. The molecule has 1 aliphatic rings. The van der Waals surface area contributed by atoms with Crippen molar-refractivity contribution in [1.29, 1.82) is 0 Å². The van der Waals surface area contributed by atoms with Crippen LogP contribution in [-0.4, -0.2) is 44.8 Å². The van der Waals surface area contributed by atoms with Crippen LogP contribution in [0.15, 0.2) is 24.5 Å². The number of nitrogens with two attached hydrogens (primary N) is 1. The van der Waals surface area contributed by atoms with Crippen LogP contribution < -0.4 is 5.73 Å². The van der Waals surface area contributed by atoms with Crippen molar-refractivity contribution in [1.82, 2.24) is 24.8 Å². The molecule has 1 unspecified atom stereocenters. The monoisotopic (exact) mass is 410 g/mol. The van der Waals surface area contributed by atoms with E-state index < -0.39 is 5.82 Å². The van der Waals surface area contributed by atoms with Crippen molar-refractivity contribution in [3.05, 3.63) is 41.9 Å². The largest absolute Gasteiger partial charge is 0.343 e. The number of aromatic nitrogens is 4. The van der Waals surface area contributed by atoms with E-state index in [0.29, 0.717) is 17.3 Å². The van der Waals surface area contributed by atoms with Gasteiger partial charge in [-0.3, -0.25) is 9.78 Å². The highest BCUT2D eigenvalue weighted by Crippen LogP contribution is 2.36. The normalized spacial score (nSPS) is 20.3. The second-order valence-electron chi connectivity index (χ2n) is 8.44. The summed E-state index contributed by atoms with van der Waals surface area (Å²) in [5, 5.41) is 0. The van der Waals surface area contributed by atoms with E-state index in [1.165, 1.54) is 17.3 Å². The van der Waals surface area contributed by atoms with E-state index in [1.807, 2.05) is 0 Å². The zero-order valence-corrected chi connectivity index (χ0v) is 17.5. The van der Waals surface area contributed by atoms with Crippen molar-refractivity contribution >= 4 is 16.9 Å². The second kappa shape index (κ2) is 8.10. The number of fused-ring (bicyclic) bond motifs is 1. The topological polar surface area (TPSA) is 101 Å². The molecule has 1 amide bonds. The summed E-state index contributed by atoms with van der Waals surface area (Å²) < 4.78 is 15.5. The third kappa shape index (κ3) is 3.67. The SMILES string of the molecule is CC1CCC(C(N)c2nc3c(F)c(-c4nccnc4C(=O)N(C)C)ccc3[nH]2)CC1. The highest BCUT2D eigenvalue weighted by atomic mass is 19.1. The third-order valence-corrected chi connectivity index (χ3v) is 6.06. The molecule has 1 aliphatic carbocycles. The number of carbonyl (C=O) groups is 1. The van der Waals surface area contributed by atoms with Crippen LogP contribution in [0.2, 0.25) is 0 Å². The molecule has 4 rings (SSSR count). The van der Waals surface area contributed by atoms with E-state index in [0.717, 1.165) is 31.6 Å². The van der Waals surface area contributed by atoms with Crippen molar-refractivity contribution in [2.45, 2.75) is 38.6 Å². The first-order valence-electron chi connectivity index (χ1n) is 10.3. The Morgan fingerprint density at radius 3 is 2.60 bits per heavy atom. The molecule has 3 aromatic rings.